The summed E-state index contributed by atoms with van der Waals surface area (Å²) in [5.41, 5.74) is 1.29. The Morgan fingerprint density at radius 2 is 1.93 bits per heavy atom. The number of benzene rings is 1. The fourth-order valence-electron chi connectivity index (χ4n) is 3.64. The van der Waals surface area contributed by atoms with Gasteiger partial charge >= 0.3 is 0 Å². The van der Waals surface area contributed by atoms with Gasteiger partial charge in [0.2, 0.25) is 0 Å². The second-order valence-electron chi connectivity index (χ2n) is 7.24. The number of ether oxygens (including phenoxy) is 1. The second kappa shape index (κ2) is 8.33. The standard InChI is InChI=1S/C22H27N3O2/c1-18-4-7-20(26-18)10-11-22(16-24-15-12-23-17-24)27-21-8-5-19(6-9-21)25-13-2-3-14-25/h4-9,12,15,17,22H,2-3,10-11,13-14,16H2,1H3. The molecule has 1 fully saturated rings. The third kappa shape index (κ3) is 4.73. The Labute approximate surface area is 160 Å². The summed E-state index contributed by atoms with van der Waals surface area (Å²) in [5, 5.41) is 0. The van der Waals surface area contributed by atoms with E-state index in [1.807, 2.05) is 25.5 Å². The Bertz CT molecular complexity index is 818. The van der Waals surface area contributed by atoms with Crippen molar-refractivity contribution in [3.8, 4) is 5.75 Å². The van der Waals surface area contributed by atoms with Crippen LogP contribution in [-0.4, -0.2) is 28.7 Å². The molecule has 1 saturated heterocycles. The van der Waals surface area contributed by atoms with Crippen LogP contribution >= 0.6 is 0 Å². The Hall–Kier alpha value is -2.69. The van der Waals surface area contributed by atoms with Gasteiger partial charge in [-0.25, -0.2) is 4.98 Å². The first-order valence-electron chi connectivity index (χ1n) is 9.79. The molecule has 0 N–H and O–H groups in total. The molecule has 0 radical (unpaired) electrons. The minimum atomic E-state index is 0.0576. The van der Waals surface area contributed by atoms with E-state index < -0.39 is 0 Å². The van der Waals surface area contributed by atoms with E-state index in [0.717, 1.165) is 49.7 Å². The zero-order chi connectivity index (χ0) is 18.5. The summed E-state index contributed by atoms with van der Waals surface area (Å²) >= 11 is 0. The number of aromatic nitrogens is 2. The summed E-state index contributed by atoms with van der Waals surface area (Å²) in [4.78, 5) is 6.58. The van der Waals surface area contributed by atoms with Crippen LogP contribution in [0.2, 0.25) is 0 Å². The molecule has 0 aliphatic carbocycles. The van der Waals surface area contributed by atoms with E-state index in [-0.39, 0.29) is 6.10 Å². The summed E-state index contributed by atoms with van der Waals surface area (Å²) in [6.07, 6.45) is 10.0. The maximum Gasteiger partial charge on any atom is 0.119 e. The van der Waals surface area contributed by atoms with Crippen LogP contribution in [0.15, 0.2) is 59.5 Å². The molecule has 1 atom stereocenters. The molecule has 5 heteroatoms. The van der Waals surface area contributed by atoms with E-state index in [1.54, 1.807) is 6.20 Å². The van der Waals surface area contributed by atoms with Gasteiger partial charge in [0.15, 0.2) is 0 Å². The van der Waals surface area contributed by atoms with Crippen LogP contribution < -0.4 is 9.64 Å². The first-order valence-corrected chi connectivity index (χ1v) is 9.79. The lowest BCUT2D eigenvalue weighted by molar-refractivity contribution is 0.168. The maximum atomic E-state index is 6.33. The molecular weight excluding hydrogens is 338 g/mol. The van der Waals surface area contributed by atoms with Crippen molar-refractivity contribution in [3.63, 3.8) is 0 Å². The van der Waals surface area contributed by atoms with E-state index in [4.69, 9.17) is 9.15 Å². The SMILES string of the molecule is Cc1ccc(CCC(Cn2ccnc2)Oc2ccc(N3CCCC3)cc2)o1. The topological polar surface area (TPSA) is 43.4 Å². The lowest BCUT2D eigenvalue weighted by Gasteiger charge is -2.21. The van der Waals surface area contributed by atoms with Crippen LogP contribution in [0.5, 0.6) is 5.75 Å². The molecule has 3 heterocycles. The van der Waals surface area contributed by atoms with Gasteiger partial charge in [-0.1, -0.05) is 0 Å². The summed E-state index contributed by atoms with van der Waals surface area (Å²) in [7, 11) is 0. The van der Waals surface area contributed by atoms with Crippen molar-refractivity contribution in [1.82, 2.24) is 9.55 Å². The molecule has 1 aromatic carbocycles. The molecule has 3 aromatic rings. The molecule has 0 bridgehead atoms. The number of aryl methyl sites for hydroxylation is 2. The van der Waals surface area contributed by atoms with Gasteiger partial charge in [-0.15, -0.1) is 0 Å². The average Bonchev–Trinajstić information content (AvgIpc) is 3.44. The van der Waals surface area contributed by atoms with Crippen LogP contribution in [0.4, 0.5) is 5.69 Å². The highest BCUT2D eigenvalue weighted by Crippen LogP contribution is 2.24. The van der Waals surface area contributed by atoms with Crippen LogP contribution in [0, 0.1) is 6.92 Å². The monoisotopic (exact) mass is 365 g/mol. The van der Waals surface area contributed by atoms with Crippen LogP contribution in [0.3, 0.4) is 0 Å². The minimum absolute atomic E-state index is 0.0576. The van der Waals surface area contributed by atoms with Gasteiger partial charge in [-0.05, 0) is 62.6 Å². The first-order chi connectivity index (χ1) is 13.3. The van der Waals surface area contributed by atoms with E-state index in [1.165, 1.54) is 18.5 Å². The van der Waals surface area contributed by atoms with Crippen molar-refractivity contribution >= 4 is 5.69 Å². The molecule has 27 heavy (non-hydrogen) atoms. The molecule has 2 aromatic heterocycles. The smallest absolute Gasteiger partial charge is 0.119 e. The molecule has 0 amide bonds. The fourth-order valence-corrected chi connectivity index (χ4v) is 3.64. The molecule has 0 saturated carbocycles. The highest BCUT2D eigenvalue weighted by molar-refractivity contribution is 5.49. The normalized spacial score (nSPS) is 15.2. The van der Waals surface area contributed by atoms with E-state index in [0.29, 0.717) is 0 Å². The van der Waals surface area contributed by atoms with E-state index >= 15 is 0 Å². The largest absolute Gasteiger partial charge is 0.489 e. The molecule has 5 nitrogen and oxygen atoms in total. The Balaban J connectivity index is 1.41. The zero-order valence-electron chi connectivity index (χ0n) is 15.9. The van der Waals surface area contributed by atoms with Crippen molar-refractivity contribution < 1.29 is 9.15 Å². The lowest BCUT2D eigenvalue weighted by atomic mass is 10.1. The van der Waals surface area contributed by atoms with Gasteiger partial charge in [0, 0.05) is 37.6 Å². The maximum absolute atomic E-state index is 6.33. The summed E-state index contributed by atoms with van der Waals surface area (Å²) in [5.74, 6) is 2.88. The van der Waals surface area contributed by atoms with Crippen LogP contribution in [0.25, 0.3) is 0 Å². The van der Waals surface area contributed by atoms with Crippen molar-refractivity contribution in [3.05, 3.63) is 66.6 Å². The third-order valence-electron chi connectivity index (χ3n) is 5.09. The van der Waals surface area contributed by atoms with Gasteiger partial charge in [0.05, 0.1) is 12.9 Å². The minimum Gasteiger partial charge on any atom is -0.489 e. The fraction of sp³-hybridized carbons (Fsp3) is 0.409. The predicted molar refractivity (Wildman–Crippen MR) is 106 cm³/mol. The lowest BCUT2D eigenvalue weighted by Crippen LogP contribution is -2.23. The predicted octanol–water partition coefficient (Wildman–Crippen LogP) is 4.47. The average molecular weight is 365 g/mol. The summed E-state index contributed by atoms with van der Waals surface area (Å²) in [6.45, 7) is 5.07. The number of rotatable bonds is 8. The number of anilines is 1. The van der Waals surface area contributed by atoms with Crippen molar-refractivity contribution in [2.75, 3.05) is 18.0 Å². The van der Waals surface area contributed by atoms with Gasteiger partial charge < -0.3 is 18.6 Å². The molecule has 1 aliphatic rings. The zero-order valence-corrected chi connectivity index (χ0v) is 15.9. The van der Waals surface area contributed by atoms with Gasteiger partial charge in [0.25, 0.3) is 0 Å². The van der Waals surface area contributed by atoms with Gasteiger partial charge in [-0.3, -0.25) is 0 Å². The molecule has 0 spiro atoms. The molecule has 1 aliphatic heterocycles. The molecule has 142 valence electrons. The number of imidazole rings is 1. The number of furan rings is 1. The summed E-state index contributed by atoms with van der Waals surface area (Å²) in [6, 6.07) is 12.6. The van der Waals surface area contributed by atoms with Crippen molar-refractivity contribution in [2.45, 2.75) is 45.3 Å². The number of nitrogens with zero attached hydrogens (tertiary/aromatic N) is 3. The van der Waals surface area contributed by atoms with Crippen molar-refractivity contribution in [1.29, 1.82) is 0 Å². The molecule has 1 unspecified atom stereocenters. The van der Waals surface area contributed by atoms with Crippen molar-refractivity contribution in [2.24, 2.45) is 0 Å². The second-order valence-corrected chi connectivity index (χ2v) is 7.24. The van der Waals surface area contributed by atoms with Crippen LogP contribution in [0.1, 0.15) is 30.8 Å². The highest BCUT2D eigenvalue weighted by atomic mass is 16.5. The first kappa shape index (κ1) is 17.7. The van der Waals surface area contributed by atoms with E-state index in [9.17, 15) is 0 Å². The Kier molecular flexibility index (Phi) is 5.47. The van der Waals surface area contributed by atoms with Gasteiger partial charge in [-0.2, -0.15) is 0 Å². The summed E-state index contributed by atoms with van der Waals surface area (Å²) < 4.78 is 14.1. The number of hydrogen-bond acceptors (Lipinski definition) is 4. The highest BCUT2D eigenvalue weighted by Gasteiger charge is 2.15. The Morgan fingerprint density at radius 1 is 1.11 bits per heavy atom. The molecular formula is C22H27N3O2. The van der Waals surface area contributed by atoms with Crippen LogP contribution in [-0.2, 0) is 13.0 Å². The molecule has 4 rings (SSSR count). The third-order valence-corrected chi connectivity index (χ3v) is 5.09. The van der Waals surface area contributed by atoms with E-state index in [2.05, 4.69) is 44.8 Å². The number of hydrogen-bond donors (Lipinski definition) is 0. The van der Waals surface area contributed by atoms with Gasteiger partial charge in [0.1, 0.15) is 23.4 Å². The Morgan fingerprint density at radius 3 is 2.59 bits per heavy atom. The quantitative estimate of drug-likeness (QED) is 0.591.